The Kier molecular flexibility index (Phi) is 3.67. The summed E-state index contributed by atoms with van der Waals surface area (Å²) in [6.45, 7) is 0. The Hall–Kier alpha value is -2.10. The first-order valence-corrected chi connectivity index (χ1v) is 8.71. The molecule has 3 heteroatoms. The number of fused-ring (bicyclic) bond motifs is 1. The minimum Gasteiger partial charge on any atom is -0.236 e. The molecule has 0 fully saturated rings. The second-order valence-corrected chi connectivity index (χ2v) is 7.10. The van der Waals surface area contributed by atoms with Crippen LogP contribution in [0.3, 0.4) is 0 Å². The Morgan fingerprint density at radius 2 is 1.36 bits per heavy atom. The molecule has 106 valence electrons. The normalized spacial score (nSPS) is 10.9. The average Bonchev–Trinajstić information content (AvgIpc) is 3.00. The fourth-order valence-corrected chi connectivity index (χ4v) is 4.09. The largest absolute Gasteiger partial charge is 0.236 e. The summed E-state index contributed by atoms with van der Waals surface area (Å²) in [6, 6.07) is 27.4. The first kappa shape index (κ1) is 13.6. The van der Waals surface area contributed by atoms with E-state index >= 15 is 0 Å². The summed E-state index contributed by atoms with van der Waals surface area (Å²) in [5.74, 6) is 0. The van der Waals surface area contributed by atoms with Crippen molar-refractivity contribution in [2.24, 2.45) is 0 Å². The van der Waals surface area contributed by atoms with E-state index in [9.17, 15) is 0 Å². The van der Waals surface area contributed by atoms with E-state index in [1.165, 1.54) is 20.1 Å². The summed E-state index contributed by atoms with van der Waals surface area (Å²) < 4.78 is 1.24. The van der Waals surface area contributed by atoms with E-state index < -0.39 is 0 Å². The minimum absolute atomic E-state index is 1.07. The third kappa shape index (κ3) is 2.78. The summed E-state index contributed by atoms with van der Waals surface area (Å²) in [5, 5.41) is 1.08. The van der Waals surface area contributed by atoms with Crippen molar-refractivity contribution in [1.82, 2.24) is 4.98 Å². The van der Waals surface area contributed by atoms with Crippen LogP contribution in [0, 0.1) is 0 Å². The maximum atomic E-state index is 4.71. The van der Waals surface area contributed by atoms with Crippen LogP contribution in [-0.2, 0) is 0 Å². The summed E-state index contributed by atoms with van der Waals surface area (Å²) in [7, 11) is 0. The van der Waals surface area contributed by atoms with E-state index in [1.54, 1.807) is 23.1 Å². The molecule has 0 unspecified atom stereocenters. The van der Waals surface area contributed by atoms with Crippen LogP contribution in [0.2, 0.25) is 0 Å². The lowest BCUT2D eigenvalue weighted by atomic mass is 10.2. The molecule has 0 bridgehead atoms. The number of benzene rings is 3. The molecular formula is C19H13NS2. The van der Waals surface area contributed by atoms with Crippen molar-refractivity contribution in [3.05, 3.63) is 78.9 Å². The topological polar surface area (TPSA) is 12.9 Å². The van der Waals surface area contributed by atoms with Gasteiger partial charge < -0.3 is 0 Å². The van der Waals surface area contributed by atoms with Crippen molar-refractivity contribution in [3.63, 3.8) is 0 Å². The van der Waals surface area contributed by atoms with Gasteiger partial charge in [0.15, 0.2) is 0 Å². The van der Waals surface area contributed by atoms with Crippen molar-refractivity contribution in [3.8, 4) is 10.6 Å². The molecule has 0 aliphatic heterocycles. The summed E-state index contributed by atoms with van der Waals surface area (Å²) in [4.78, 5) is 7.21. The quantitative estimate of drug-likeness (QED) is 0.451. The molecule has 0 saturated carbocycles. The predicted molar refractivity (Wildman–Crippen MR) is 95.6 cm³/mol. The molecule has 3 aromatic carbocycles. The van der Waals surface area contributed by atoms with Crippen molar-refractivity contribution < 1.29 is 0 Å². The molecule has 4 rings (SSSR count). The zero-order valence-electron chi connectivity index (χ0n) is 11.8. The predicted octanol–water partition coefficient (Wildman–Crippen LogP) is 6.11. The van der Waals surface area contributed by atoms with Crippen LogP contribution >= 0.6 is 23.1 Å². The number of hydrogen-bond acceptors (Lipinski definition) is 3. The Bertz CT molecular complexity index is 863. The van der Waals surface area contributed by atoms with Crippen LogP contribution < -0.4 is 0 Å². The molecule has 1 aromatic heterocycles. The number of rotatable bonds is 3. The zero-order valence-corrected chi connectivity index (χ0v) is 13.4. The van der Waals surface area contributed by atoms with Gasteiger partial charge in [0.1, 0.15) is 5.01 Å². The molecule has 0 amide bonds. The monoisotopic (exact) mass is 319 g/mol. The average molecular weight is 319 g/mol. The molecule has 1 heterocycles. The van der Waals surface area contributed by atoms with Crippen LogP contribution in [0.25, 0.3) is 20.8 Å². The van der Waals surface area contributed by atoms with Gasteiger partial charge >= 0.3 is 0 Å². The van der Waals surface area contributed by atoms with E-state index in [1.807, 2.05) is 12.1 Å². The molecule has 0 N–H and O–H groups in total. The highest BCUT2D eigenvalue weighted by Gasteiger charge is 2.06. The number of hydrogen-bond donors (Lipinski definition) is 0. The van der Waals surface area contributed by atoms with E-state index in [0.717, 1.165) is 10.5 Å². The molecule has 0 aliphatic rings. The summed E-state index contributed by atoms with van der Waals surface area (Å²) >= 11 is 3.52. The van der Waals surface area contributed by atoms with Crippen LogP contribution in [-0.4, -0.2) is 4.98 Å². The second-order valence-electron chi connectivity index (χ2n) is 4.93. The summed E-state index contributed by atoms with van der Waals surface area (Å²) in [5.41, 5.74) is 2.25. The van der Waals surface area contributed by atoms with Crippen molar-refractivity contribution >= 4 is 33.3 Å². The van der Waals surface area contributed by atoms with Crippen molar-refractivity contribution in [2.45, 2.75) is 9.79 Å². The zero-order chi connectivity index (χ0) is 14.8. The van der Waals surface area contributed by atoms with Gasteiger partial charge in [0.25, 0.3) is 0 Å². The number of aromatic nitrogens is 1. The van der Waals surface area contributed by atoms with Gasteiger partial charge in [-0.25, -0.2) is 4.98 Å². The van der Waals surface area contributed by atoms with Crippen LogP contribution in [0.4, 0.5) is 0 Å². The maximum Gasteiger partial charge on any atom is 0.124 e. The highest BCUT2D eigenvalue weighted by molar-refractivity contribution is 7.99. The minimum atomic E-state index is 1.07. The first-order chi connectivity index (χ1) is 10.9. The van der Waals surface area contributed by atoms with Gasteiger partial charge in [0.2, 0.25) is 0 Å². The Balaban J connectivity index is 1.61. The molecule has 0 spiro atoms. The van der Waals surface area contributed by atoms with Gasteiger partial charge in [0.05, 0.1) is 10.2 Å². The lowest BCUT2D eigenvalue weighted by Crippen LogP contribution is -1.77. The van der Waals surface area contributed by atoms with Crippen LogP contribution in [0.1, 0.15) is 0 Å². The highest BCUT2D eigenvalue weighted by atomic mass is 32.2. The third-order valence-electron chi connectivity index (χ3n) is 3.37. The molecule has 0 saturated heterocycles. The Morgan fingerprint density at radius 3 is 2.14 bits per heavy atom. The lowest BCUT2D eigenvalue weighted by molar-refractivity contribution is 1.40. The van der Waals surface area contributed by atoms with E-state index in [-0.39, 0.29) is 0 Å². The number of nitrogens with zero attached hydrogens (tertiary/aromatic N) is 1. The van der Waals surface area contributed by atoms with Gasteiger partial charge in [-0.05, 0) is 36.4 Å². The van der Waals surface area contributed by atoms with Crippen molar-refractivity contribution in [1.29, 1.82) is 0 Å². The standard InChI is InChI=1S/C19H13NS2/c1-2-6-15(7-3-1)21-16-12-10-14(11-13-16)19-20-17-8-4-5-9-18(17)22-19/h1-13H. The van der Waals surface area contributed by atoms with Crippen LogP contribution in [0.5, 0.6) is 0 Å². The molecule has 0 atom stereocenters. The van der Waals surface area contributed by atoms with E-state index in [4.69, 9.17) is 4.98 Å². The molecule has 0 radical (unpaired) electrons. The van der Waals surface area contributed by atoms with Gasteiger partial charge in [-0.15, -0.1) is 11.3 Å². The second kappa shape index (κ2) is 5.95. The molecule has 22 heavy (non-hydrogen) atoms. The Morgan fingerprint density at radius 1 is 0.682 bits per heavy atom. The first-order valence-electron chi connectivity index (χ1n) is 7.07. The van der Waals surface area contributed by atoms with E-state index in [0.29, 0.717) is 0 Å². The van der Waals surface area contributed by atoms with Gasteiger partial charge in [-0.1, -0.05) is 54.2 Å². The molecule has 1 nitrogen and oxygen atoms in total. The SMILES string of the molecule is c1ccc(Sc2ccc(-c3nc4ccccc4s3)cc2)cc1. The van der Waals surface area contributed by atoms with Gasteiger partial charge in [-0.2, -0.15) is 0 Å². The smallest absolute Gasteiger partial charge is 0.124 e. The molecule has 0 aliphatic carbocycles. The fourth-order valence-electron chi connectivity index (χ4n) is 2.29. The van der Waals surface area contributed by atoms with Crippen LogP contribution in [0.15, 0.2) is 88.7 Å². The number of thiazole rings is 1. The summed E-state index contributed by atoms with van der Waals surface area (Å²) in [6.07, 6.45) is 0. The highest BCUT2D eigenvalue weighted by Crippen LogP contribution is 2.32. The third-order valence-corrected chi connectivity index (χ3v) is 5.48. The maximum absolute atomic E-state index is 4.71. The van der Waals surface area contributed by atoms with Gasteiger partial charge in [-0.3, -0.25) is 0 Å². The molecular weight excluding hydrogens is 306 g/mol. The number of para-hydroxylation sites is 1. The molecule has 4 aromatic rings. The van der Waals surface area contributed by atoms with E-state index in [2.05, 4.69) is 66.7 Å². The fraction of sp³-hybridized carbons (Fsp3) is 0. The lowest BCUT2D eigenvalue weighted by Gasteiger charge is -2.02. The Labute approximate surface area is 137 Å². The van der Waals surface area contributed by atoms with Gasteiger partial charge in [0, 0.05) is 15.4 Å². The van der Waals surface area contributed by atoms with Crippen molar-refractivity contribution in [2.75, 3.05) is 0 Å².